The predicted molar refractivity (Wildman–Crippen MR) is 52.1 cm³/mol. The largest absolute Gasteiger partial charge is 0.261 e. The van der Waals surface area contributed by atoms with Crippen LogP contribution in [-0.4, -0.2) is 8.42 Å². The van der Waals surface area contributed by atoms with Crippen LogP contribution >= 0.6 is 26.6 Å². The second kappa shape index (κ2) is 3.94. The molecule has 0 radical (unpaired) electrons. The van der Waals surface area contributed by atoms with Gasteiger partial charge in [-0.05, 0) is 17.7 Å². The summed E-state index contributed by atoms with van der Waals surface area (Å²) in [5.74, 6) is -0.585. The van der Waals surface area contributed by atoms with E-state index in [0.717, 1.165) is 6.07 Å². The summed E-state index contributed by atoms with van der Waals surface area (Å²) < 4.78 is 34.6. The van der Waals surface area contributed by atoms with Crippen LogP contribution in [0.1, 0.15) is 5.56 Å². The molecule has 72 valence electrons. The minimum absolute atomic E-state index is 0.226. The van der Waals surface area contributed by atoms with Crippen molar-refractivity contribution >= 4 is 35.7 Å². The van der Waals surface area contributed by atoms with E-state index in [9.17, 15) is 12.8 Å². The summed E-state index contributed by atoms with van der Waals surface area (Å²) in [5.41, 5.74) is 0.393. The van der Waals surface area contributed by atoms with Gasteiger partial charge in [0, 0.05) is 16.0 Å². The van der Waals surface area contributed by atoms with Crippen molar-refractivity contribution in [1.82, 2.24) is 0 Å². The van der Waals surface area contributed by atoms with E-state index in [4.69, 9.17) is 10.7 Å². The molecule has 0 aliphatic rings. The van der Waals surface area contributed by atoms with Gasteiger partial charge >= 0.3 is 0 Å². The van der Waals surface area contributed by atoms with E-state index in [-0.39, 0.29) is 4.90 Å². The molecule has 0 fully saturated rings. The molecule has 6 heteroatoms. The summed E-state index contributed by atoms with van der Waals surface area (Å²) in [4.78, 5) is -0.226. The van der Waals surface area contributed by atoms with Crippen LogP contribution in [0.5, 0.6) is 0 Å². The third-order valence-corrected chi connectivity index (χ3v) is 3.41. The molecular formula is C7H5BrClFO2S. The van der Waals surface area contributed by atoms with Crippen molar-refractivity contribution in [3.8, 4) is 0 Å². The molecule has 0 heterocycles. The molecule has 0 unspecified atom stereocenters. The lowest BCUT2D eigenvalue weighted by Gasteiger charge is -2.00. The van der Waals surface area contributed by atoms with Gasteiger partial charge in [-0.1, -0.05) is 22.0 Å². The minimum atomic E-state index is -3.83. The first-order valence-electron chi connectivity index (χ1n) is 3.24. The van der Waals surface area contributed by atoms with Crippen LogP contribution in [0.15, 0.2) is 23.1 Å². The average molecular weight is 288 g/mol. The molecule has 0 N–H and O–H groups in total. The van der Waals surface area contributed by atoms with Crippen LogP contribution in [-0.2, 0) is 14.4 Å². The number of hydrogen-bond acceptors (Lipinski definition) is 2. The van der Waals surface area contributed by atoms with Crippen molar-refractivity contribution in [2.45, 2.75) is 10.2 Å². The van der Waals surface area contributed by atoms with Crippen LogP contribution in [0.25, 0.3) is 0 Å². The molecule has 0 amide bonds. The highest BCUT2D eigenvalue weighted by atomic mass is 79.9. The van der Waals surface area contributed by atoms with Crippen molar-refractivity contribution in [2.75, 3.05) is 0 Å². The normalized spacial score (nSPS) is 11.6. The van der Waals surface area contributed by atoms with E-state index in [1.807, 2.05) is 0 Å². The highest BCUT2D eigenvalue weighted by Crippen LogP contribution is 2.19. The Balaban J connectivity index is 3.26. The maximum atomic E-state index is 13.0. The van der Waals surface area contributed by atoms with E-state index in [0.29, 0.717) is 10.9 Å². The molecule has 1 aromatic carbocycles. The molecule has 0 spiro atoms. The Morgan fingerprint density at radius 2 is 2.08 bits per heavy atom. The van der Waals surface area contributed by atoms with Crippen molar-refractivity contribution in [3.05, 3.63) is 29.6 Å². The first kappa shape index (κ1) is 10.9. The standard InChI is InChI=1S/C7H5BrClFO2S/c8-4-5-1-2-6(3-7(5)10)13(9,11)12/h1-3H,4H2. The van der Waals surface area contributed by atoms with Gasteiger partial charge in [0.25, 0.3) is 9.05 Å². The number of rotatable bonds is 2. The first-order chi connectivity index (χ1) is 5.95. The van der Waals surface area contributed by atoms with Gasteiger partial charge in [0.2, 0.25) is 0 Å². The Hall–Kier alpha value is -0.130. The van der Waals surface area contributed by atoms with E-state index < -0.39 is 14.9 Å². The Kier molecular flexibility index (Phi) is 3.32. The van der Waals surface area contributed by atoms with Crippen molar-refractivity contribution in [3.63, 3.8) is 0 Å². The summed E-state index contributed by atoms with van der Waals surface area (Å²) >= 11 is 3.06. The quantitative estimate of drug-likeness (QED) is 0.619. The second-order valence-electron chi connectivity index (χ2n) is 2.32. The average Bonchev–Trinajstić information content (AvgIpc) is 2.02. The summed E-state index contributed by atoms with van der Waals surface area (Å²) in [5, 5.41) is 0.335. The van der Waals surface area contributed by atoms with Crippen LogP contribution in [0.3, 0.4) is 0 Å². The Labute approximate surface area is 88.3 Å². The van der Waals surface area contributed by atoms with Crippen LogP contribution in [0, 0.1) is 5.82 Å². The Morgan fingerprint density at radius 3 is 2.46 bits per heavy atom. The van der Waals surface area contributed by atoms with Gasteiger partial charge in [0.1, 0.15) is 5.82 Å². The third-order valence-electron chi connectivity index (χ3n) is 1.45. The fraction of sp³-hybridized carbons (Fsp3) is 0.143. The monoisotopic (exact) mass is 286 g/mol. The molecule has 0 bridgehead atoms. The highest BCUT2D eigenvalue weighted by molar-refractivity contribution is 9.08. The molecule has 1 rings (SSSR count). The topological polar surface area (TPSA) is 34.1 Å². The SMILES string of the molecule is O=S(=O)(Cl)c1ccc(CBr)c(F)c1. The Morgan fingerprint density at radius 1 is 1.46 bits per heavy atom. The van der Waals surface area contributed by atoms with Gasteiger partial charge in [-0.25, -0.2) is 12.8 Å². The summed E-state index contributed by atoms with van der Waals surface area (Å²) in [6.45, 7) is 0. The number of halogens is 3. The van der Waals surface area contributed by atoms with Crippen LogP contribution < -0.4 is 0 Å². The van der Waals surface area contributed by atoms with Crippen LogP contribution in [0.2, 0.25) is 0 Å². The highest BCUT2D eigenvalue weighted by Gasteiger charge is 2.12. The van der Waals surface area contributed by atoms with E-state index >= 15 is 0 Å². The molecule has 0 saturated carbocycles. The smallest absolute Gasteiger partial charge is 0.207 e. The fourth-order valence-electron chi connectivity index (χ4n) is 0.788. The fourth-order valence-corrected chi connectivity index (χ4v) is 2.01. The van der Waals surface area contributed by atoms with Gasteiger partial charge < -0.3 is 0 Å². The molecule has 1 aromatic rings. The molecular weight excluding hydrogens is 282 g/mol. The van der Waals surface area contributed by atoms with E-state index in [1.165, 1.54) is 12.1 Å². The number of benzene rings is 1. The molecule has 0 aromatic heterocycles. The third kappa shape index (κ3) is 2.65. The van der Waals surface area contributed by atoms with E-state index in [1.54, 1.807) is 0 Å². The van der Waals surface area contributed by atoms with Crippen molar-refractivity contribution < 1.29 is 12.8 Å². The molecule has 0 saturated heterocycles. The molecule has 0 atom stereocenters. The zero-order chi connectivity index (χ0) is 10.1. The number of hydrogen-bond donors (Lipinski definition) is 0. The van der Waals surface area contributed by atoms with Gasteiger partial charge in [-0.2, -0.15) is 0 Å². The van der Waals surface area contributed by atoms with Crippen molar-refractivity contribution in [2.24, 2.45) is 0 Å². The summed E-state index contributed by atoms with van der Waals surface area (Å²) in [7, 11) is 1.19. The molecule has 13 heavy (non-hydrogen) atoms. The van der Waals surface area contributed by atoms with Gasteiger partial charge in [-0.15, -0.1) is 0 Å². The first-order valence-corrected chi connectivity index (χ1v) is 6.67. The van der Waals surface area contributed by atoms with E-state index in [2.05, 4.69) is 15.9 Å². The second-order valence-corrected chi connectivity index (χ2v) is 5.45. The lowest BCUT2D eigenvalue weighted by molar-refractivity contribution is 0.599. The van der Waals surface area contributed by atoms with Gasteiger partial charge in [0.15, 0.2) is 0 Å². The summed E-state index contributed by atoms with van der Waals surface area (Å²) in [6.07, 6.45) is 0. The summed E-state index contributed by atoms with van der Waals surface area (Å²) in [6, 6.07) is 3.54. The van der Waals surface area contributed by atoms with Gasteiger partial charge in [0.05, 0.1) is 4.90 Å². The lowest BCUT2D eigenvalue weighted by Crippen LogP contribution is -1.94. The van der Waals surface area contributed by atoms with Crippen LogP contribution in [0.4, 0.5) is 4.39 Å². The minimum Gasteiger partial charge on any atom is -0.207 e. The zero-order valence-electron chi connectivity index (χ0n) is 6.30. The Bertz CT molecular complexity index is 419. The predicted octanol–water partition coefficient (Wildman–Crippen LogP) is 2.65. The molecule has 2 nitrogen and oxygen atoms in total. The molecule has 0 aliphatic carbocycles. The van der Waals surface area contributed by atoms with Crippen molar-refractivity contribution in [1.29, 1.82) is 0 Å². The lowest BCUT2D eigenvalue weighted by atomic mass is 10.2. The zero-order valence-corrected chi connectivity index (χ0v) is 9.46. The number of alkyl halides is 1. The maximum Gasteiger partial charge on any atom is 0.261 e. The van der Waals surface area contributed by atoms with Gasteiger partial charge in [-0.3, -0.25) is 0 Å². The maximum absolute atomic E-state index is 13.0. The molecule has 0 aliphatic heterocycles.